The topological polar surface area (TPSA) is 130 Å². The van der Waals surface area contributed by atoms with Gasteiger partial charge in [-0.25, -0.2) is 21.6 Å². The van der Waals surface area contributed by atoms with Gasteiger partial charge in [0.05, 0.1) is 21.0 Å². The zero-order valence-corrected chi connectivity index (χ0v) is 22.6. The molecule has 0 saturated carbocycles. The van der Waals surface area contributed by atoms with Crippen molar-refractivity contribution in [2.45, 2.75) is 29.1 Å². The van der Waals surface area contributed by atoms with Crippen molar-refractivity contribution in [2.75, 3.05) is 35.9 Å². The molecule has 2 aliphatic heterocycles. The van der Waals surface area contributed by atoms with Crippen LogP contribution in [0.25, 0.3) is 0 Å². The van der Waals surface area contributed by atoms with Crippen LogP contribution >= 0.6 is 0 Å². The molecule has 1 fully saturated rings. The second kappa shape index (κ2) is 10.8. The van der Waals surface area contributed by atoms with Gasteiger partial charge in [-0.05, 0) is 73.4 Å². The number of ether oxygens (including phenoxy) is 1. The van der Waals surface area contributed by atoms with Crippen LogP contribution in [0.3, 0.4) is 0 Å². The van der Waals surface area contributed by atoms with Crippen LogP contribution < -0.4 is 9.62 Å². The minimum absolute atomic E-state index is 0.00664. The highest BCUT2D eigenvalue weighted by atomic mass is 32.2. The number of rotatable bonds is 8. The molecule has 1 N–H and O–H groups in total. The van der Waals surface area contributed by atoms with Crippen molar-refractivity contribution in [3.05, 3.63) is 83.9 Å². The minimum atomic E-state index is -3.90. The smallest absolute Gasteiger partial charge is 0.338 e. The van der Waals surface area contributed by atoms with Crippen LogP contribution in [0, 0.1) is 0 Å². The van der Waals surface area contributed by atoms with Gasteiger partial charge in [-0.2, -0.15) is 4.31 Å². The number of fused-ring (bicyclic) bond motifs is 1. The number of hydrogen-bond donors (Lipinski definition) is 1. The summed E-state index contributed by atoms with van der Waals surface area (Å²) in [7, 11) is -7.46. The van der Waals surface area contributed by atoms with Crippen LogP contribution in [0.5, 0.6) is 0 Å². The molecule has 0 bridgehead atoms. The fraction of sp³-hybridized carbons (Fsp3) is 0.259. The molecule has 5 rings (SSSR count). The Balaban J connectivity index is 1.19. The average Bonchev–Trinajstić information content (AvgIpc) is 3.64. The summed E-state index contributed by atoms with van der Waals surface area (Å²) in [5.41, 5.74) is 1.89. The van der Waals surface area contributed by atoms with Crippen LogP contribution in [0.1, 0.15) is 28.8 Å². The van der Waals surface area contributed by atoms with E-state index in [2.05, 4.69) is 5.32 Å². The molecule has 10 nitrogen and oxygen atoms in total. The van der Waals surface area contributed by atoms with Crippen molar-refractivity contribution < 1.29 is 31.2 Å². The number of carbonyl (C=O) groups is 2. The number of para-hydroxylation sites is 1. The SMILES string of the molecule is O=C(COC(=O)c1cccc(S(=O)(=O)N2CCc3ccccc32)c1)Nc1ccc(S(=O)(=O)N2CCCC2)cc1. The standard InChI is InChI=1S/C27H27N3O7S2/c31-26(28-22-10-12-23(13-11-22)38(33,34)29-15-3-4-16-29)19-37-27(32)21-7-5-8-24(18-21)39(35,36)30-17-14-20-6-1-2-9-25(20)30/h1-2,5-13,18H,3-4,14-17,19H2,(H,28,31). The first-order chi connectivity index (χ1) is 18.7. The normalized spacial score (nSPS) is 15.6. The van der Waals surface area contributed by atoms with Crippen LogP contribution in [-0.4, -0.2) is 59.3 Å². The van der Waals surface area contributed by atoms with Gasteiger partial charge >= 0.3 is 5.97 Å². The number of hydrogen-bond acceptors (Lipinski definition) is 7. The van der Waals surface area contributed by atoms with Gasteiger partial charge < -0.3 is 10.1 Å². The third-order valence-electron chi connectivity index (χ3n) is 6.68. The van der Waals surface area contributed by atoms with E-state index in [0.29, 0.717) is 37.4 Å². The van der Waals surface area contributed by atoms with Gasteiger partial charge in [0.15, 0.2) is 6.61 Å². The molecule has 3 aromatic carbocycles. The van der Waals surface area contributed by atoms with E-state index < -0.39 is 38.5 Å². The Hall–Kier alpha value is -3.74. The Kier molecular flexibility index (Phi) is 7.43. The maximum absolute atomic E-state index is 13.3. The van der Waals surface area contributed by atoms with Gasteiger partial charge in [-0.1, -0.05) is 24.3 Å². The number of amides is 1. The van der Waals surface area contributed by atoms with Crippen LogP contribution in [0.15, 0.2) is 82.6 Å². The lowest BCUT2D eigenvalue weighted by molar-refractivity contribution is -0.119. The molecule has 12 heteroatoms. The van der Waals surface area contributed by atoms with E-state index in [4.69, 9.17) is 4.74 Å². The van der Waals surface area contributed by atoms with Crippen LogP contribution in [0.2, 0.25) is 0 Å². The highest BCUT2D eigenvalue weighted by molar-refractivity contribution is 7.92. The zero-order chi connectivity index (χ0) is 27.6. The van der Waals surface area contributed by atoms with Gasteiger partial charge in [0.25, 0.3) is 15.9 Å². The fourth-order valence-electron chi connectivity index (χ4n) is 4.67. The molecular formula is C27H27N3O7S2. The van der Waals surface area contributed by atoms with E-state index in [0.717, 1.165) is 18.4 Å². The first-order valence-corrected chi connectivity index (χ1v) is 15.3. The molecule has 2 aliphatic rings. The van der Waals surface area contributed by atoms with E-state index in [1.54, 1.807) is 12.1 Å². The van der Waals surface area contributed by atoms with Crippen molar-refractivity contribution in [3.63, 3.8) is 0 Å². The van der Waals surface area contributed by atoms with Crippen molar-refractivity contribution in [1.29, 1.82) is 0 Å². The Morgan fingerprint density at radius 2 is 1.51 bits per heavy atom. The van der Waals surface area contributed by atoms with Crippen molar-refractivity contribution in [3.8, 4) is 0 Å². The van der Waals surface area contributed by atoms with Crippen molar-refractivity contribution in [1.82, 2.24) is 4.31 Å². The van der Waals surface area contributed by atoms with E-state index in [9.17, 15) is 26.4 Å². The van der Waals surface area contributed by atoms with E-state index in [1.807, 2.05) is 12.1 Å². The predicted molar refractivity (Wildman–Crippen MR) is 144 cm³/mol. The molecule has 39 heavy (non-hydrogen) atoms. The van der Waals surface area contributed by atoms with Crippen LogP contribution in [-0.2, 0) is 36.0 Å². The first kappa shape index (κ1) is 26.9. The summed E-state index contributed by atoms with van der Waals surface area (Å²) >= 11 is 0. The molecular weight excluding hydrogens is 542 g/mol. The summed E-state index contributed by atoms with van der Waals surface area (Å²) in [4.78, 5) is 25.0. The molecule has 0 aliphatic carbocycles. The van der Waals surface area contributed by atoms with Crippen molar-refractivity contribution in [2.24, 2.45) is 0 Å². The summed E-state index contributed by atoms with van der Waals surface area (Å²) in [5.74, 6) is -1.48. The highest BCUT2D eigenvalue weighted by Crippen LogP contribution is 2.32. The molecule has 0 radical (unpaired) electrons. The van der Waals surface area contributed by atoms with Crippen molar-refractivity contribution >= 4 is 43.3 Å². The monoisotopic (exact) mass is 569 g/mol. The second-order valence-electron chi connectivity index (χ2n) is 9.24. The maximum atomic E-state index is 13.3. The molecule has 1 saturated heterocycles. The Morgan fingerprint density at radius 1 is 0.795 bits per heavy atom. The lowest BCUT2D eigenvalue weighted by Crippen LogP contribution is -2.29. The Morgan fingerprint density at radius 3 is 2.26 bits per heavy atom. The first-order valence-electron chi connectivity index (χ1n) is 12.4. The Bertz CT molecular complexity index is 1620. The molecule has 0 aromatic heterocycles. The van der Waals surface area contributed by atoms with Gasteiger partial charge in [-0.3, -0.25) is 9.10 Å². The number of carbonyl (C=O) groups excluding carboxylic acids is 2. The number of sulfonamides is 2. The number of esters is 1. The summed E-state index contributed by atoms with van der Waals surface area (Å²) in [6, 6.07) is 18.5. The number of nitrogens with zero attached hydrogens (tertiary/aromatic N) is 2. The van der Waals surface area contributed by atoms with Gasteiger partial charge in [-0.15, -0.1) is 0 Å². The van der Waals surface area contributed by atoms with E-state index >= 15 is 0 Å². The van der Waals surface area contributed by atoms with E-state index in [1.165, 1.54) is 57.1 Å². The molecule has 1 amide bonds. The number of anilines is 2. The molecule has 2 heterocycles. The molecule has 0 spiro atoms. The number of nitrogens with one attached hydrogen (secondary N) is 1. The summed E-state index contributed by atoms with van der Waals surface area (Å²) in [6.07, 6.45) is 2.27. The third-order valence-corrected chi connectivity index (χ3v) is 10.4. The fourth-order valence-corrected chi connectivity index (χ4v) is 7.73. The van der Waals surface area contributed by atoms with E-state index in [-0.39, 0.29) is 15.4 Å². The zero-order valence-electron chi connectivity index (χ0n) is 20.9. The van der Waals surface area contributed by atoms with Crippen LogP contribution in [0.4, 0.5) is 11.4 Å². The quantitative estimate of drug-likeness (QED) is 0.413. The largest absolute Gasteiger partial charge is 0.452 e. The summed E-state index contributed by atoms with van der Waals surface area (Å²) in [6.45, 7) is 0.686. The third kappa shape index (κ3) is 5.54. The second-order valence-corrected chi connectivity index (χ2v) is 13.0. The minimum Gasteiger partial charge on any atom is -0.452 e. The van der Waals surface area contributed by atoms with Gasteiger partial charge in [0, 0.05) is 25.3 Å². The predicted octanol–water partition coefficient (Wildman–Crippen LogP) is 3.02. The summed E-state index contributed by atoms with van der Waals surface area (Å²) < 4.78 is 59.7. The lowest BCUT2D eigenvalue weighted by atomic mass is 10.2. The molecule has 0 unspecified atom stereocenters. The Labute approximate surface area is 227 Å². The van der Waals surface area contributed by atoms with Gasteiger partial charge in [0.2, 0.25) is 10.0 Å². The lowest BCUT2D eigenvalue weighted by Gasteiger charge is -2.19. The van der Waals surface area contributed by atoms with Gasteiger partial charge in [0.1, 0.15) is 0 Å². The number of benzene rings is 3. The highest BCUT2D eigenvalue weighted by Gasteiger charge is 2.31. The molecule has 3 aromatic rings. The summed E-state index contributed by atoms with van der Waals surface area (Å²) in [5, 5.41) is 2.55. The molecule has 0 atom stereocenters. The molecule has 204 valence electrons. The average molecular weight is 570 g/mol. The maximum Gasteiger partial charge on any atom is 0.338 e.